The zero-order valence-electron chi connectivity index (χ0n) is 29.1. The first-order valence-corrected chi connectivity index (χ1v) is 18.0. The van der Waals surface area contributed by atoms with E-state index in [9.17, 15) is 0 Å². The SMILES string of the molecule is C=C1c2c(Cc3ccccc3)cccc2-c2cccc(-c3cc4c5c(cccc5c3C)-c3c-4cc4ccccc4c3CC(/C=C\C)=C/CC)c21. The molecular weight excluding hydrogens is 601 g/mol. The van der Waals surface area contributed by atoms with Gasteiger partial charge in [0.05, 0.1) is 0 Å². The molecule has 0 saturated carbocycles. The lowest BCUT2D eigenvalue weighted by atomic mass is 9.86. The van der Waals surface area contributed by atoms with Gasteiger partial charge in [-0.25, -0.2) is 0 Å². The van der Waals surface area contributed by atoms with Crippen LogP contribution in [0.15, 0.2) is 152 Å². The van der Waals surface area contributed by atoms with Gasteiger partial charge in [0.2, 0.25) is 0 Å². The fourth-order valence-electron chi connectivity index (χ4n) is 8.93. The number of aryl methyl sites for hydroxylation is 1. The van der Waals surface area contributed by atoms with Gasteiger partial charge in [-0.2, -0.15) is 0 Å². The second-order valence-electron chi connectivity index (χ2n) is 13.9. The summed E-state index contributed by atoms with van der Waals surface area (Å²) in [5.74, 6) is 0. The highest BCUT2D eigenvalue weighted by Gasteiger charge is 2.31. The van der Waals surface area contributed by atoms with Crippen molar-refractivity contribution in [2.45, 2.75) is 40.0 Å². The molecule has 0 heterocycles. The molecule has 0 nitrogen and oxygen atoms in total. The third kappa shape index (κ3) is 4.59. The van der Waals surface area contributed by atoms with E-state index in [-0.39, 0.29) is 0 Å². The second kappa shape index (κ2) is 12.0. The molecule has 0 aromatic heterocycles. The molecule has 7 aromatic rings. The number of hydrogen-bond acceptors (Lipinski definition) is 0. The molecule has 9 rings (SSSR count). The minimum atomic E-state index is 0.893. The number of allylic oxidation sites excluding steroid dienone is 4. The van der Waals surface area contributed by atoms with Gasteiger partial charge in [-0.05, 0) is 156 Å². The quantitative estimate of drug-likeness (QED) is 0.152. The lowest BCUT2D eigenvalue weighted by Crippen LogP contribution is -1.95. The van der Waals surface area contributed by atoms with Crippen molar-refractivity contribution in [2.75, 3.05) is 0 Å². The summed E-state index contributed by atoms with van der Waals surface area (Å²) in [5, 5.41) is 5.37. The third-order valence-corrected chi connectivity index (χ3v) is 11.0. The monoisotopic (exact) mass is 640 g/mol. The normalized spacial score (nSPS) is 13.0. The van der Waals surface area contributed by atoms with Crippen molar-refractivity contribution in [3.8, 4) is 44.5 Å². The number of fused-ring (bicyclic) bond motifs is 7. The van der Waals surface area contributed by atoms with Gasteiger partial charge in [-0.15, -0.1) is 0 Å². The fourth-order valence-corrected chi connectivity index (χ4v) is 8.93. The summed E-state index contributed by atoms with van der Waals surface area (Å²) >= 11 is 0. The predicted octanol–water partition coefficient (Wildman–Crippen LogP) is 13.7. The summed E-state index contributed by atoms with van der Waals surface area (Å²) in [7, 11) is 0. The average molecular weight is 641 g/mol. The zero-order valence-corrected chi connectivity index (χ0v) is 29.1. The topological polar surface area (TPSA) is 0 Å². The Balaban J connectivity index is 1.25. The van der Waals surface area contributed by atoms with Gasteiger partial charge in [0.15, 0.2) is 0 Å². The van der Waals surface area contributed by atoms with Crippen molar-refractivity contribution in [2.24, 2.45) is 0 Å². The predicted molar refractivity (Wildman–Crippen MR) is 216 cm³/mol. The maximum absolute atomic E-state index is 4.80. The summed E-state index contributed by atoms with van der Waals surface area (Å²) in [5.41, 5.74) is 21.1. The molecule has 0 fully saturated rings. The van der Waals surface area contributed by atoms with Crippen LogP contribution in [0, 0.1) is 6.92 Å². The second-order valence-corrected chi connectivity index (χ2v) is 13.9. The van der Waals surface area contributed by atoms with Crippen LogP contribution in [0.3, 0.4) is 0 Å². The summed E-state index contributed by atoms with van der Waals surface area (Å²) < 4.78 is 0. The van der Waals surface area contributed by atoms with Crippen LogP contribution in [0.25, 0.3) is 71.6 Å². The van der Waals surface area contributed by atoms with Crippen molar-refractivity contribution in [1.82, 2.24) is 0 Å². The minimum Gasteiger partial charge on any atom is -0.0905 e. The van der Waals surface area contributed by atoms with Gasteiger partial charge in [0.25, 0.3) is 0 Å². The number of rotatable bonds is 7. The van der Waals surface area contributed by atoms with Crippen molar-refractivity contribution in [3.05, 3.63) is 185 Å². The van der Waals surface area contributed by atoms with E-state index in [0.29, 0.717) is 0 Å². The number of benzene rings is 7. The van der Waals surface area contributed by atoms with Crippen molar-refractivity contribution >= 4 is 27.1 Å². The van der Waals surface area contributed by atoms with Gasteiger partial charge in [0, 0.05) is 0 Å². The first kappa shape index (κ1) is 30.3. The van der Waals surface area contributed by atoms with Gasteiger partial charge in [0.1, 0.15) is 0 Å². The lowest BCUT2D eigenvalue weighted by molar-refractivity contribution is 1.14. The Labute approximate surface area is 295 Å². The molecule has 0 heteroatoms. The molecule has 0 saturated heterocycles. The van der Waals surface area contributed by atoms with Crippen LogP contribution in [0.4, 0.5) is 0 Å². The summed E-state index contributed by atoms with van der Waals surface area (Å²) in [4.78, 5) is 0. The minimum absolute atomic E-state index is 0.893. The molecule has 2 aliphatic rings. The van der Waals surface area contributed by atoms with E-state index in [1.807, 2.05) is 0 Å². The van der Waals surface area contributed by atoms with Crippen molar-refractivity contribution in [3.63, 3.8) is 0 Å². The standard InChI is InChI=1S/C50H40/c1-5-15-33(16-6-2)28-44-38-21-11-10-19-35(38)29-45-46-30-43(31(3)37-22-13-26-42(49(37)46)50(44)45)41-25-14-24-40-39-23-12-20-36(47(39)32(4)48(40)41)27-34-17-8-7-9-18-34/h5,7-26,29-30H,4,6,27-28H2,1-3H3/b15-5-,33-16+. The van der Waals surface area contributed by atoms with Crippen LogP contribution in [0.2, 0.25) is 0 Å². The Hall–Kier alpha value is -5.72. The smallest absolute Gasteiger partial charge is 0.00165 e. The molecule has 2 aliphatic carbocycles. The van der Waals surface area contributed by atoms with Gasteiger partial charge < -0.3 is 0 Å². The molecule has 0 N–H and O–H groups in total. The molecule has 0 amide bonds. The van der Waals surface area contributed by atoms with E-state index in [4.69, 9.17) is 6.58 Å². The molecule has 0 unspecified atom stereocenters. The Kier molecular flexibility index (Phi) is 7.29. The molecule has 0 aliphatic heterocycles. The van der Waals surface area contributed by atoms with Gasteiger partial charge in [-0.1, -0.05) is 141 Å². The third-order valence-electron chi connectivity index (χ3n) is 11.0. The molecule has 240 valence electrons. The summed E-state index contributed by atoms with van der Waals surface area (Å²) in [6.07, 6.45) is 9.67. The van der Waals surface area contributed by atoms with Crippen LogP contribution in [-0.4, -0.2) is 0 Å². The largest absolute Gasteiger partial charge is 0.0905 e. The highest BCUT2D eigenvalue weighted by atomic mass is 14.3. The van der Waals surface area contributed by atoms with E-state index in [2.05, 4.69) is 160 Å². The first-order valence-electron chi connectivity index (χ1n) is 18.0. The van der Waals surface area contributed by atoms with Gasteiger partial charge >= 0.3 is 0 Å². The highest BCUT2D eigenvalue weighted by Crippen LogP contribution is 2.55. The average Bonchev–Trinajstić information content (AvgIpc) is 3.62. The lowest BCUT2D eigenvalue weighted by Gasteiger charge is -2.17. The van der Waals surface area contributed by atoms with E-state index >= 15 is 0 Å². The summed E-state index contributed by atoms with van der Waals surface area (Å²) in [6.45, 7) is 11.5. The van der Waals surface area contributed by atoms with E-state index in [0.717, 1.165) is 24.8 Å². The van der Waals surface area contributed by atoms with Crippen LogP contribution < -0.4 is 0 Å². The van der Waals surface area contributed by atoms with Crippen LogP contribution in [0.5, 0.6) is 0 Å². The van der Waals surface area contributed by atoms with Gasteiger partial charge in [-0.3, -0.25) is 0 Å². The Morgan fingerprint density at radius 3 is 2.10 bits per heavy atom. The van der Waals surface area contributed by atoms with E-state index in [1.165, 1.54) is 105 Å². The molecule has 0 radical (unpaired) electrons. The molecule has 0 bridgehead atoms. The van der Waals surface area contributed by atoms with Crippen LogP contribution in [-0.2, 0) is 12.8 Å². The highest BCUT2D eigenvalue weighted by molar-refractivity contribution is 6.21. The zero-order chi connectivity index (χ0) is 33.9. The molecular formula is C50H40. The van der Waals surface area contributed by atoms with Crippen molar-refractivity contribution < 1.29 is 0 Å². The van der Waals surface area contributed by atoms with Crippen LogP contribution >= 0.6 is 0 Å². The number of hydrogen-bond donors (Lipinski definition) is 0. The van der Waals surface area contributed by atoms with E-state index in [1.54, 1.807) is 0 Å². The molecule has 0 atom stereocenters. The first-order chi connectivity index (χ1) is 24.6. The molecule has 50 heavy (non-hydrogen) atoms. The van der Waals surface area contributed by atoms with Crippen LogP contribution in [0.1, 0.15) is 53.6 Å². The summed E-state index contributed by atoms with van der Waals surface area (Å²) in [6, 6.07) is 45.3. The Bertz CT molecular complexity index is 2590. The Morgan fingerprint density at radius 1 is 0.620 bits per heavy atom. The maximum Gasteiger partial charge on any atom is -0.00165 e. The maximum atomic E-state index is 4.80. The molecule has 0 spiro atoms. The van der Waals surface area contributed by atoms with Crippen molar-refractivity contribution in [1.29, 1.82) is 0 Å². The van der Waals surface area contributed by atoms with E-state index < -0.39 is 0 Å². The molecule has 7 aromatic carbocycles. The fraction of sp³-hybridized carbons (Fsp3) is 0.120. The Morgan fingerprint density at radius 2 is 1.30 bits per heavy atom.